The lowest BCUT2D eigenvalue weighted by Crippen LogP contribution is -2.20. The van der Waals surface area contributed by atoms with Crippen molar-refractivity contribution in [3.05, 3.63) is 35.3 Å². The number of nitrogens with zero attached hydrogens (tertiary/aromatic N) is 1. The highest BCUT2D eigenvalue weighted by Gasteiger charge is 2.18. The Kier molecular flexibility index (Phi) is 3.11. The van der Waals surface area contributed by atoms with Gasteiger partial charge in [-0.1, -0.05) is 26.0 Å². The number of rotatable bonds is 2. The number of furan rings is 1. The van der Waals surface area contributed by atoms with E-state index in [-0.39, 0.29) is 29.0 Å². The number of halogens is 1. The van der Waals surface area contributed by atoms with Gasteiger partial charge in [0.1, 0.15) is 0 Å². The number of carbonyl (C=O) groups excluding carboxylic acids is 1. The van der Waals surface area contributed by atoms with Gasteiger partial charge in [0.15, 0.2) is 17.2 Å². The van der Waals surface area contributed by atoms with Crippen molar-refractivity contribution < 1.29 is 13.6 Å². The molecule has 2 aromatic rings. The van der Waals surface area contributed by atoms with Gasteiger partial charge in [0, 0.05) is 19.5 Å². The van der Waals surface area contributed by atoms with Gasteiger partial charge in [0.2, 0.25) is 0 Å². The van der Waals surface area contributed by atoms with Crippen LogP contribution in [0.1, 0.15) is 35.9 Å². The lowest BCUT2D eigenvalue weighted by atomic mass is 10.0. The van der Waals surface area contributed by atoms with Crippen LogP contribution in [0.15, 0.2) is 22.6 Å². The Hall–Kier alpha value is -1.84. The van der Waals surface area contributed by atoms with Crippen molar-refractivity contribution in [3.8, 4) is 0 Å². The lowest BCUT2D eigenvalue weighted by Gasteiger charge is -2.07. The zero-order valence-corrected chi connectivity index (χ0v) is 11.0. The fraction of sp³-hybridized carbons (Fsp3) is 0.357. The first-order valence-electron chi connectivity index (χ1n) is 5.85. The summed E-state index contributed by atoms with van der Waals surface area (Å²) in [6.45, 7) is 3.83. The van der Waals surface area contributed by atoms with Crippen LogP contribution in [0.2, 0.25) is 0 Å². The van der Waals surface area contributed by atoms with Crippen molar-refractivity contribution in [1.82, 2.24) is 4.90 Å². The van der Waals surface area contributed by atoms with Crippen molar-refractivity contribution in [1.29, 1.82) is 0 Å². The van der Waals surface area contributed by atoms with Crippen LogP contribution in [0.4, 0.5) is 4.39 Å². The van der Waals surface area contributed by atoms with Gasteiger partial charge < -0.3 is 9.32 Å². The van der Waals surface area contributed by atoms with Crippen LogP contribution in [0.3, 0.4) is 0 Å². The maximum atomic E-state index is 14.2. The third-order valence-corrected chi connectivity index (χ3v) is 2.90. The molecule has 2 rings (SSSR count). The molecule has 0 spiro atoms. The minimum atomic E-state index is -0.375. The molecule has 0 atom stereocenters. The molecule has 0 aliphatic rings. The van der Waals surface area contributed by atoms with E-state index in [2.05, 4.69) is 0 Å². The van der Waals surface area contributed by atoms with E-state index in [1.807, 2.05) is 13.8 Å². The average Bonchev–Trinajstić information content (AvgIpc) is 2.72. The predicted octanol–water partition coefficient (Wildman–Crippen LogP) is 3.40. The van der Waals surface area contributed by atoms with E-state index < -0.39 is 0 Å². The van der Waals surface area contributed by atoms with E-state index in [1.165, 1.54) is 4.90 Å². The Morgan fingerprint density at radius 3 is 2.56 bits per heavy atom. The molecule has 1 heterocycles. The Bertz CT molecular complexity index is 599. The van der Waals surface area contributed by atoms with Crippen molar-refractivity contribution in [2.75, 3.05) is 14.1 Å². The minimum absolute atomic E-state index is 0.0764. The summed E-state index contributed by atoms with van der Waals surface area (Å²) in [5.74, 6) is -0.403. The smallest absolute Gasteiger partial charge is 0.289 e. The number of fused-ring (bicyclic) bond motifs is 1. The molecule has 0 bridgehead atoms. The van der Waals surface area contributed by atoms with Crippen LogP contribution in [-0.4, -0.2) is 24.9 Å². The molecule has 0 fully saturated rings. The fourth-order valence-corrected chi connectivity index (χ4v) is 1.86. The number of carbonyl (C=O) groups is 1. The SMILES string of the molecule is CC(C)c1ccc2cc(C(=O)N(C)C)oc2c1F. The van der Waals surface area contributed by atoms with Gasteiger partial charge in [0.05, 0.1) is 0 Å². The van der Waals surface area contributed by atoms with Gasteiger partial charge in [-0.3, -0.25) is 4.79 Å². The van der Waals surface area contributed by atoms with Gasteiger partial charge >= 0.3 is 0 Å². The van der Waals surface area contributed by atoms with Crippen molar-refractivity contribution in [2.45, 2.75) is 19.8 Å². The van der Waals surface area contributed by atoms with Gasteiger partial charge in [-0.2, -0.15) is 0 Å². The zero-order chi connectivity index (χ0) is 13.4. The van der Waals surface area contributed by atoms with Gasteiger partial charge in [-0.25, -0.2) is 4.39 Å². The summed E-state index contributed by atoms with van der Waals surface area (Å²) in [6, 6.07) is 5.09. The molecular formula is C14H16FNO2. The Morgan fingerprint density at radius 1 is 1.33 bits per heavy atom. The first-order chi connectivity index (χ1) is 8.41. The van der Waals surface area contributed by atoms with Crippen LogP contribution in [-0.2, 0) is 0 Å². The monoisotopic (exact) mass is 249 g/mol. The molecular weight excluding hydrogens is 233 g/mol. The highest BCUT2D eigenvalue weighted by atomic mass is 19.1. The first-order valence-corrected chi connectivity index (χ1v) is 5.85. The quantitative estimate of drug-likeness (QED) is 0.817. The zero-order valence-electron chi connectivity index (χ0n) is 11.0. The topological polar surface area (TPSA) is 33.5 Å². The molecule has 1 aromatic heterocycles. The summed E-state index contributed by atoms with van der Waals surface area (Å²) in [5.41, 5.74) is 0.757. The third-order valence-electron chi connectivity index (χ3n) is 2.90. The summed E-state index contributed by atoms with van der Waals surface area (Å²) in [7, 11) is 3.26. The van der Waals surface area contributed by atoms with Crippen LogP contribution in [0, 0.1) is 5.82 Å². The summed E-state index contributed by atoms with van der Waals surface area (Å²) in [4.78, 5) is 13.2. The highest BCUT2D eigenvalue weighted by molar-refractivity contribution is 5.96. The molecule has 18 heavy (non-hydrogen) atoms. The van der Waals surface area contributed by atoms with Crippen LogP contribution in [0.25, 0.3) is 11.0 Å². The van der Waals surface area contributed by atoms with Crippen LogP contribution >= 0.6 is 0 Å². The average molecular weight is 249 g/mol. The predicted molar refractivity (Wildman–Crippen MR) is 68.3 cm³/mol. The molecule has 0 saturated carbocycles. The molecule has 1 aromatic carbocycles. The third kappa shape index (κ3) is 1.98. The molecule has 4 heteroatoms. The first kappa shape index (κ1) is 12.6. The van der Waals surface area contributed by atoms with E-state index in [1.54, 1.807) is 32.3 Å². The number of benzene rings is 1. The second kappa shape index (κ2) is 4.44. The van der Waals surface area contributed by atoms with E-state index in [0.29, 0.717) is 10.9 Å². The molecule has 0 aliphatic carbocycles. The minimum Gasteiger partial charge on any atom is -0.448 e. The standard InChI is InChI=1S/C14H16FNO2/c1-8(2)10-6-5-9-7-11(14(17)16(3)4)18-13(9)12(10)15/h5-8H,1-4H3. The van der Waals surface area contributed by atoms with E-state index in [0.717, 1.165) is 0 Å². The summed E-state index contributed by atoms with van der Waals surface area (Å²) >= 11 is 0. The Morgan fingerprint density at radius 2 is 2.00 bits per heavy atom. The Balaban J connectivity index is 2.59. The molecule has 0 N–H and O–H groups in total. The molecule has 0 radical (unpaired) electrons. The second-order valence-electron chi connectivity index (χ2n) is 4.85. The van der Waals surface area contributed by atoms with Crippen LogP contribution < -0.4 is 0 Å². The number of amides is 1. The molecule has 0 saturated heterocycles. The van der Waals surface area contributed by atoms with Gasteiger partial charge in [-0.15, -0.1) is 0 Å². The van der Waals surface area contributed by atoms with Crippen molar-refractivity contribution in [2.24, 2.45) is 0 Å². The second-order valence-corrected chi connectivity index (χ2v) is 4.85. The maximum absolute atomic E-state index is 14.2. The molecule has 1 amide bonds. The molecule has 0 unspecified atom stereocenters. The number of hydrogen-bond donors (Lipinski definition) is 0. The molecule has 3 nitrogen and oxygen atoms in total. The van der Waals surface area contributed by atoms with E-state index in [4.69, 9.17) is 4.42 Å². The fourth-order valence-electron chi connectivity index (χ4n) is 1.86. The summed E-state index contributed by atoms with van der Waals surface area (Å²) in [6.07, 6.45) is 0. The van der Waals surface area contributed by atoms with E-state index in [9.17, 15) is 9.18 Å². The van der Waals surface area contributed by atoms with Gasteiger partial charge in [-0.05, 0) is 17.5 Å². The Labute approximate surface area is 105 Å². The van der Waals surface area contributed by atoms with Crippen molar-refractivity contribution >= 4 is 16.9 Å². The summed E-state index contributed by atoms with van der Waals surface area (Å²) < 4.78 is 19.5. The van der Waals surface area contributed by atoms with E-state index >= 15 is 0 Å². The highest BCUT2D eigenvalue weighted by Crippen LogP contribution is 2.28. The molecule has 0 aliphatic heterocycles. The largest absolute Gasteiger partial charge is 0.448 e. The normalized spacial score (nSPS) is 11.2. The maximum Gasteiger partial charge on any atom is 0.289 e. The van der Waals surface area contributed by atoms with Crippen molar-refractivity contribution in [3.63, 3.8) is 0 Å². The van der Waals surface area contributed by atoms with Crippen LogP contribution in [0.5, 0.6) is 0 Å². The van der Waals surface area contributed by atoms with Gasteiger partial charge in [0.25, 0.3) is 5.91 Å². The number of hydrogen-bond acceptors (Lipinski definition) is 2. The summed E-state index contributed by atoms with van der Waals surface area (Å²) in [5, 5.41) is 0.613. The lowest BCUT2D eigenvalue weighted by molar-refractivity contribution is 0.0799. The molecule has 96 valence electrons.